The molecule has 0 spiro atoms. The van der Waals surface area contributed by atoms with Gasteiger partial charge in [-0.15, -0.1) is 0 Å². The second kappa shape index (κ2) is 9.70. The second-order valence-corrected chi connectivity index (χ2v) is 6.63. The van der Waals surface area contributed by atoms with Crippen molar-refractivity contribution < 1.29 is 9.13 Å². The first-order valence-electron chi connectivity index (χ1n) is 7.42. The van der Waals surface area contributed by atoms with Gasteiger partial charge in [-0.1, -0.05) is 23.7 Å². The van der Waals surface area contributed by atoms with Crippen LogP contribution in [0.2, 0.25) is 5.02 Å². The molecule has 25 heavy (non-hydrogen) atoms. The minimum atomic E-state index is -0.283. The highest BCUT2D eigenvalue weighted by Gasteiger charge is 2.09. The van der Waals surface area contributed by atoms with E-state index in [4.69, 9.17) is 28.6 Å². The molecule has 2 aromatic rings. The highest BCUT2D eigenvalue weighted by Crippen LogP contribution is 2.34. The highest BCUT2D eigenvalue weighted by atomic mass is 79.9. The van der Waals surface area contributed by atoms with E-state index in [-0.39, 0.29) is 12.4 Å². The number of halogens is 3. The van der Waals surface area contributed by atoms with E-state index in [1.165, 1.54) is 12.1 Å². The van der Waals surface area contributed by atoms with Crippen LogP contribution in [0.4, 0.5) is 4.39 Å². The summed E-state index contributed by atoms with van der Waals surface area (Å²) in [6.45, 7) is 2.95. The molecule has 4 nitrogen and oxygen atoms in total. The van der Waals surface area contributed by atoms with Crippen molar-refractivity contribution in [3.05, 3.63) is 62.8 Å². The number of nitrogens with zero attached hydrogens (tertiary/aromatic N) is 1. The topological polar surface area (TPSA) is 45.7 Å². The minimum Gasteiger partial charge on any atom is -0.486 e. The molecule has 0 saturated carbocycles. The van der Waals surface area contributed by atoms with E-state index in [9.17, 15) is 4.39 Å². The number of hydrogen-bond donors (Lipinski definition) is 2. The highest BCUT2D eigenvalue weighted by molar-refractivity contribution is 9.10. The number of ether oxygens (including phenoxy) is 1. The van der Waals surface area contributed by atoms with Gasteiger partial charge in [-0.25, -0.2) is 4.39 Å². The normalized spacial score (nSPS) is 10.7. The van der Waals surface area contributed by atoms with E-state index in [0.29, 0.717) is 20.4 Å². The van der Waals surface area contributed by atoms with Gasteiger partial charge in [0.2, 0.25) is 0 Å². The van der Waals surface area contributed by atoms with Crippen molar-refractivity contribution in [3.63, 3.8) is 0 Å². The molecule has 0 saturated heterocycles. The molecular weight excluding hydrogens is 429 g/mol. The van der Waals surface area contributed by atoms with Gasteiger partial charge in [-0.2, -0.15) is 5.10 Å². The Morgan fingerprint density at radius 3 is 2.72 bits per heavy atom. The number of benzene rings is 2. The predicted molar refractivity (Wildman–Crippen MR) is 107 cm³/mol. The van der Waals surface area contributed by atoms with Crippen LogP contribution in [0.15, 0.2) is 46.0 Å². The number of hydrogen-bond acceptors (Lipinski definition) is 3. The standard InChI is InChI=1S/C17H16BrClFN3OS/c1-2-21-17(25)23-22-9-12-7-14(18)16(15(19)8-12)24-10-11-3-5-13(20)6-4-11/h3-9H,2,10H2,1H3,(H2,21,23,25). The number of thiocarbonyl (C=S) groups is 1. The molecule has 0 aliphatic rings. The van der Waals surface area contributed by atoms with Gasteiger partial charge in [-0.05, 0) is 70.5 Å². The Kier molecular flexibility index (Phi) is 7.61. The lowest BCUT2D eigenvalue weighted by atomic mass is 10.2. The molecule has 132 valence electrons. The van der Waals surface area contributed by atoms with Crippen LogP contribution in [-0.2, 0) is 6.61 Å². The Morgan fingerprint density at radius 2 is 2.08 bits per heavy atom. The molecule has 0 aliphatic heterocycles. The van der Waals surface area contributed by atoms with Crippen molar-refractivity contribution >= 4 is 51.1 Å². The summed E-state index contributed by atoms with van der Waals surface area (Å²) < 4.78 is 19.3. The van der Waals surface area contributed by atoms with E-state index < -0.39 is 0 Å². The van der Waals surface area contributed by atoms with Gasteiger partial charge in [-0.3, -0.25) is 5.43 Å². The van der Waals surface area contributed by atoms with E-state index in [0.717, 1.165) is 17.7 Å². The van der Waals surface area contributed by atoms with Gasteiger partial charge in [0.1, 0.15) is 12.4 Å². The molecule has 2 rings (SSSR count). The summed E-state index contributed by atoms with van der Waals surface area (Å²) in [5, 5.41) is 7.85. The van der Waals surface area contributed by atoms with Crippen molar-refractivity contribution in [2.24, 2.45) is 5.10 Å². The lowest BCUT2D eigenvalue weighted by Gasteiger charge is -2.11. The van der Waals surface area contributed by atoms with Gasteiger partial charge in [0.15, 0.2) is 10.9 Å². The first-order chi connectivity index (χ1) is 12.0. The van der Waals surface area contributed by atoms with E-state index in [1.807, 2.05) is 13.0 Å². The fourth-order valence-corrected chi connectivity index (χ4v) is 3.08. The van der Waals surface area contributed by atoms with Gasteiger partial charge in [0.05, 0.1) is 15.7 Å². The average molecular weight is 445 g/mol. The van der Waals surface area contributed by atoms with Crippen LogP contribution in [0.3, 0.4) is 0 Å². The van der Waals surface area contributed by atoms with Crippen LogP contribution in [0.1, 0.15) is 18.1 Å². The van der Waals surface area contributed by atoms with Crippen molar-refractivity contribution in [1.82, 2.24) is 10.7 Å². The lowest BCUT2D eigenvalue weighted by molar-refractivity contribution is 0.304. The molecule has 2 N–H and O–H groups in total. The third kappa shape index (κ3) is 6.26. The predicted octanol–water partition coefficient (Wildman–Crippen LogP) is 4.64. The SMILES string of the molecule is CCNC(=S)NN=Cc1cc(Cl)c(OCc2ccc(F)cc2)c(Br)c1. The van der Waals surface area contributed by atoms with Gasteiger partial charge < -0.3 is 10.1 Å². The Bertz CT molecular complexity index is 748. The summed E-state index contributed by atoms with van der Waals surface area (Å²) in [5.74, 6) is 0.230. The van der Waals surface area contributed by atoms with E-state index >= 15 is 0 Å². The average Bonchev–Trinajstić information content (AvgIpc) is 2.56. The third-order valence-electron chi connectivity index (χ3n) is 3.03. The van der Waals surface area contributed by atoms with Crippen molar-refractivity contribution in [3.8, 4) is 5.75 Å². The summed E-state index contributed by atoms with van der Waals surface area (Å²) in [6.07, 6.45) is 1.60. The van der Waals surface area contributed by atoms with Crippen LogP contribution in [0.5, 0.6) is 5.75 Å². The molecule has 0 unspecified atom stereocenters. The number of rotatable bonds is 6. The van der Waals surface area contributed by atoms with Gasteiger partial charge in [0, 0.05) is 6.54 Å². The fourth-order valence-electron chi connectivity index (χ4n) is 1.89. The molecular formula is C17H16BrClFN3OS. The van der Waals surface area contributed by atoms with Crippen LogP contribution in [0, 0.1) is 5.82 Å². The maximum atomic E-state index is 12.9. The molecule has 0 heterocycles. The van der Waals surface area contributed by atoms with Crippen LogP contribution >= 0.6 is 39.7 Å². The second-order valence-electron chi connectivity index (χ2n) is 4.96. The summed E-state index contributed by atoms with van der Waals surface area (Å²) in [7, 11) is 0. The molecule has 0 aliphatic carbocycles. The summed E-state index contributed by atoms with van der Waals surface area (Å²) >= 11 is 14.7. The summed E-state index contributed by atoms with van der Waals surface area (Å²) in [6, 6.07) is 9.66. The molecule has 0 amide bonds. The molecule has 0 radical (unpaired) electrons. The van der Waals surface area contributed by atoms with Crippen molar-refractivity contribution in [2.75, 3.05) is 6.54 Å². The molecule has 0 aromatic heterocycles. The zero-order chi connectivity index (χ0) is 18.2. The molecule has 0 bridgehead atoms. The minimum absolute atomic E-state index is 0.282. The van der Waals surface area contributed by atoms with Crippen molar-refractivity contribution in [1.29, 1.82) is 0 Å². The fraction of sp³-hybridized carbons (Fsp3) is 0.176. The molecule has 0 atom stereocenters. The number of nitrogens with one attached hydrogen (secondary N) is 2. The molecule has 8 heteroatoms. The number of hydrazone groups is 1. The van der Waals surface area contributed by atoms with Gasteiger partial charge >= 0.3 is 0 Å². The zero-order valence-corrected chi connectivity index (χ0v) is 16.5. The Morgan fingerprint density at radius 1 is 1.36 bits per heavy atom. The largest absolute Gasteiger partial charge is 0.486 e. The van der Waals surface area contributed by atoms with E-state index in [1.54, 1.807) is 24.4 Å². The first-order valence-corrected chi connectivity index (χ1v) is 9.00. The Balaban J connectivity index is 2.02. The summed E-state index contributed by atoms with van der Waals surface area (Å²) in [4.78, 5) is 0. The maximum absolute atomic E-state index is 12.9. The van der Waals surface area contributed by atoms with Crippen molar-refractivity contribution in [2.45, 2.75) is 13.5 Å². The molecule has 0 fully saturated rings. The zero-order valence-electron chi connectivity index (χ0n) is 13.4. The van der Waals surface area contributed by atoms with E-state index in [2.05, 4.69) is 31.8 Å². The maximum Gasteiger partial charge on any atom is 0.186 e. The van der Waals surface area contributed by atoms with Crippen LogP contribution in [-0.4, -0.2) is 17.9 Å². The smallest absolute Gasteiger partial charge is 0.186 e. The van der Waals surface area contributed by atoms with Gasteiger partial charge in [0.25, 0.3) is 0 Å². The first kappa shape index (κ1) is 19.6. The summed E-state index contributed by atoms with van der Waals surface area (Å²) in [5.41, 5.74) is 4.33. The van der Waals surface area contributed by atoms with Crippen LogP contribution in [0.25, 0.3) is 0 Å². The monoisotopic (exact) mass is 443 g/mol. The lowest BCUT2D eigenvalue weighted by Crippen LogP contribution is -2.31. The van der Waals surface area contributed by atoms with Crippen LogP contribution < -0.4 is 15.5 Å². The third-order valence-corrected chi connectivity index (χ3v) is 4.14. The Labute approximate surface area is 164 Å². The quantitative estimate of drug-likeness (QED) is 0.387. The molecule has 2 aromatic carbocycles. The Hall–Kier alpha value is -1.70.